The van der Waals surface area contributed by atoms with Gasteiger partial charge in [0.1, 0.15) is 18.0 Å². The Morgan fingerprint density at radius 3 is 3.00 bits per heavy atom. The number of aromatic nitrogens is 3. The van der Waals surface area contributed by atoms with Gasteiger partial charge in [-0.2, -0.15) is 5.10 Å². The predicted octanol–water partition coefficient (Wildman–Crippen LogP) is 2.97. The van der Waals surface area contributed by atoms with Gasteiger partial charge in [-0.05, 0) is 27.6 Å². The minimum absolute atomic E-state index is 0.285. The number of benzene rings is 1. The molecule has 6 heteroatoms. The van der Waals surface area contributed by atoms with Crippen LogP contribution in [0.2, 0.25) is 0 Å². The van der Waals surface area contributed by atoms with E-state index in [1.165, 1.54) is 12.4 Å². The molecule has 84 valence electrons. The van der Waals surface area contributed by atoms with Gasteiger partial charge in [0.15, 0.2) is 0 Å². The summed E-state index contributed by atoms with van der Waals surface area (Å²) in [5.41, 5.74) is 0.803. The smallest absolute Gasteiger partial charge is 0.142 e. The second kappa shape index (κ2) is 4.93. The molecule has 2 aromatic rings. The molecule has 2 rings (SSSR count). The molecule has 1 aromatic heterocycles. The molecule has 3 nitrogen and oxygen atoms in total. The van der Waals surface area contributed by atoms with Crippen LogP contribution in [0.1, 0.15) is 11.4 Å². The van der Waals surface area contributed by atoms with E-state index in [0.717, 1.165) is 5.56 Å². The van der Waals surface area contributed by atoms with Crippen LogP contribution in [0.5, 0.6) is 0 Å². The molecular weight excluding hydrogens is 296 g/mol. The molecule has 1 aromatic carbocycles. The molecule has 0 aliphatic heterocycles. The summed E-state index contributed by atoms with van der Waals surface area (Å²) in [6.45, 7) is 0.445. The lowest BCUT2D eigenvalue weighted by molar-refractivity contribution is 0.607. The van der Waals surface area contributed by atoms with Gasteiger partial charge >= 0.3 is 0 Å². The van der Waals surface area contributed by atoms with Crippen LogP contribution in [0.4, 0.5) is 4.39 Å². The van der Waals surface area contributed by atoms with Crippen LogP contribution in [0.15, 0.2) is 29.0 Å². The Morgan fingerprint density at radius 1 is 1.44 bits per heavy atom. The zero-order valence-corrected chi connectivity index (χ0v) is 10.5. The van der Waals surface area contributed by atoms with Gasteiger partial charge < -0.3 is 0 Å². The molecule has 16 heavy (non-hydrogen) atoms. The Labute approximate surface area is 105 Å². The van der Waals surface area contributed by atoms with Gasteiger partial charge in [0.25, 0.3) is 0 Å². The van der Waals surface area contributed by atoms with Gasteiger partial charge in [0, 0.05) is 0 Å². The second-order valence-electron chi connectivity index (χ2n) is 3.18. The summed E-state index contributed by atoms with van der Waals surface area (Å²) in [7, 11) is 0. The summed E-state index contributed by atoms with van der Waals surface area (Å²) in [6, 6.07) is 4.89. The van der Waals surface area contributed by atoms with Crippen molar-refractivity contribution in [3.05, 3.63) is 46.2 Å². The molecule has 1 heterocycles. The highest BCUT2D eigenvalue weighted by molar-refractivity contribution is 9.10. The number of hydrogen-bond acceptors (Lipinski definition) is 2. The van der Waals surface area contributed by atoms with Crippen LogP contribution in [0.25, 0.3) is 0 Å². The van der Waals surface area contributed by atoms with Crippen LogP contribution < -0.4 is 0 Å². The molecule has 0 atom stereocenters. The average molecular weight is 305 g/mol. The molecule has 0 spiro atoms. The van der Waals surface area contributed by atoms with Crippen molar-refractivity contribution in [1.82, 2.24) is 14.8 Å². The minimum Gasteiger partial charge on any atom is -0.244 e. The Morgan fingerprint density at radius 2 is 2.25 bits per heavy atom. The van der Waals surface area contributed by atoms with Crippen LogP contribution >= 0.6 is 27.5 Å². The third kappa shape index (κ3) is 2.25. The Kier molecular flexibility index (Phi) is 3.56. The van der Waals surface area contributed by atoms with E-state index in [0.29, 0.717) is 16.8 Å². The maximum atomic E-state index is 13.3. The molecule has 0 fully saturated rings. The highest BCUT2D eigenvalue weighted by atomic mass is 79.9. The average Bonchev–Trinajstić information content (AvgIpc) is 2.72. The van der Waals surface area contributed by atoms with Gasteiger partial charge in [0.05, 0.1) is 16.9 Å². The number of nitrogens with zero attached hydrogens (tertiary/aromatic N) is 3. The molecule has 0 aliphatic rings. The molecular formula is C10H8BrClFN3. The van der Waals surface area contributed by atoms with Crippen molar-refractivity contribution >= 4 is 27.5 Å². The zero-order chi connectivity index (χ0) is 11.5. The van der Waals surface area contributed by atoms with E-state index in [-0.39, 0.29) is 11.7 Å². The van der Waals surface area contributed by atoms with Crippen molar-refractivity contribution < 1.29 is 4.39 Å². The molecule has 0 unspecified atom stereocenters. The SMILES string of the molecule is Fc1cccc(Cn2ncnc2CCl)c1Br. The lowest BCUT2D eigenvalue weighted by Gasteiger charge is -2.06. The summed E-state index contributed by atoms with van der Waals surface area (Å²) in [6.07, 6.45) is 1.44. The molecule has 0 N–H and O–H groups in total. The number of hydrogen-bond donors (Lipinski definition) is 0. The number of alkyl halides is 1. The molecule has 0 saturated heterocycles. The van der Waals surface area contributed by atoms with E-state index < -0.39 is 0 Å². The largest absolute Gasteiger partial charge is 0.244 e. The van der Waals surface area contributed by atoms with Crippen LogP contribution in [0, 0.1) is 5.82 Å². The van der Waals surface area contributed by atoms with Crippen molar-refractivity contribution in [2.75, 3.05) is 0 Å². The first-order chi connectivity index (χ1) is 7.72. The van der Waals surface area contributed by atoms with E-state index in [2.05, 4.69) is 26.0 Å². The second-order valence-corrected chi connectivity index (χ2v) is 4.24. The van der Waals surface area contributed by atoms with Crippen molar-refractivity contribution in [2.45, 2.75) is 12.4 Å². The highest BCUT2D eigenvalue weighted by Gasteiger charge is 2.08. The number of rotatable bonds is 3. The van der Waals surface area contributed by atoms with E-state index >= 15 is 0 Å². The fraction of sp³-hybridized carbons (Fsp3) is 0.200. The van der Waals surface area contributed by atoms with E-state index in [1.807, 2.05) is 6.07 Å². The van der Waals surface area contributed by atoms with Crippen molar-refractivity contribution in [1.29, 1.82) is 0 Å². The third-order valence-corrected chi connectivity index (χ3v) is 3.29. The predicted molar refractivity (Wildman–Crippen MR) is 62.8 cm³/mol. The van der Waals surface area contributed by atoms with E-state index in [4.69, 9.17) is 11.6 Å². The highest BCUT2D eigenvalue weighted by Crippen LogP contribution is 2.21. The lowest BCUT2D eigenvalue weighted by Crippen LogP contribution is -2.06. The monoisotopic (exact) mass is 303 g/mol. The maximum absolute atomic E-state index is 13.3. The Balaban J connectivity index is 2.30. The van der Waals surface area contributed by atoms with Crippen molar-refractivity contribution in [3.63, 3.8) is 0 Å². The lowest BCUT2D eigenvalue weighted by atomic mass is 10.2. The molecule has 0 amide bonds. The fourth-order valence-electron chi connectivity index (χ4n) is 1.36. The first-order valence-electron chi connectivity index (χ1n) is 4.58. The van der Waals surface area contributed by atoms with Crippen LogP contribution in [-0.2, 0) is 12.4 Å². The first kappa shape index (κ1) is 11.5. The van der Waals surface area contributed by atoms with Gasteiger partial charge in [-0.15, -0.1) is 11.6 Å². The summed E-state index contributed by atoms with van der Waals surface area (Å²) >= 11 is 8.90. The molecule has 0 radical (unpaired) electrons. The van der Waals surface area contributed by atoms with Crippen LogP contribution in [-0.4, -0.2) is 14.8 Å². The standard InChI is InChI=1S/C10H8BrClFN3/c11-10-7(2-1-3-8(10)13)5-16-9(4-12)14-6-15-16/h1-3,6H,4-5H2. The van der Waals surface area contributed by atoms with Crippen molar-refractivity contribution in [2.24, 2.45) is 0 Å². The van der Waals surface area contributed by atoms with E-state index in [1.54, 1.807) is 10.7 Å². The van der Waals surface area contributed by atoms with Gasteiger partial charge in [-0.25, -0.2) is 14.1 Å². The quantitative estimate of drug-likeness (QED) is 0.816. The Hall–Kier alpha value is -0.940. The zero-order valence-electron chi connectivity index (χ0n) is 8.20. The van der Waals surface area contributed by atoms with Gasteiger partial charge in [0.2, 0.25) is 0 Å². The molecule has 0 aliphatic carbocycles. The number of halogens is 3. The maximum Gasteiger partial charge on any atom is 0.142 e. The molecule has 0 bridgehead atoms. The van der Waals surface area contributed by atoms with E-state index in [9.17, 15) is 4.39 Å². The summed E-state index contributed by atoms with van der Waals surface area (Å²) in [4.78, 5) is 3.99. The van der Waals surface area contributed by atoms with Crippen LogP contribution in [0.3, 0.4) is 0 Å². The minimum atomic E-state index is -0.287. The van der Waals surface area contributed by atoms with Gasteiger partial charge in [-0.1, -0.05) is 12.1 Å². The fourth-order valence-corrected chi connectivity index (χ4v) is 1.95. The first-order valence-corrected chi connectivity index (χ1v) is 5.90. The Bertz CT molecular complexity index is 501. The normalized spacial score (nSPS) is 10.7. The topological polar surface area (TPSA) is 30.7 Å². The summed E-state index contributed by atoms with van der Waals surface area (Å²) < 4.78 is 15.4. The molecule has 0 saturated carbocycles. The summed E-state index contributed by atoms with van der Waals surface area (Å²) in [5, 5.41) is 4.03. The van der Waals surface area contributed by atoms with Gasteiger partial charge in [-0.3, -0.25) is 0 Å². The van der Waals surface area contributed by atoms with Crippen molar-refractivity contribution in [3.8, 4) is 0 Å². The third-order valence-electron chi connectivity index (χ3n) is 2.17. The summed E-state index contributed by atoms with van der Waals surface area (Å²) in [5.74, 6) is 0.662.